The van der Waals surface area contributed by atoms with Crippen molar-refractivity contribution in [3.05, 3.63) is 29.8 Å². The highest BCUT2D eigenvalue weighted by Gasteiger charge is 2.55. The number of nitrogens with zero attached hydrogens (tertiary/aromatic N) is 2. The lowest BCUT2D eigenvalue weighted by atomic mass is 9.80. The largest absolute Gasteiger partial charge is 0.340 e. The van der Waals surface area contributed by atoms with E-state index in [2.05, 4.69) is 11.4 Å². The fourth-order valence-electron chi connectivity index (χ4n) is 2.94. The number of rotatable bonds is 0. The maximum atomic E-state index is 12.4. The molecule has 1 unspecified atom stereocenters. The Morgan fingerprint density at radius 1 is 1.58 bits per heavy atom. The maximum absolute atomic E-state index is 12.4. The molecule has 2 atom stereocenters. The average Bonchev–Trinajstić information content (AvgIpc) is 2.91. The van der Waals surface area contributed by atoms with Crippen LogP contribution in [0.5, 0.6) is 0 Å². The van der Waals surface area contributed by atoms with E-state index in [9.17, 15) is 10.1 Å². The zero-order valence-corrected chi connectivity index (χ0v) is 12.9. The Balaban J connectivity index is 2.09. The number of halogens is 1. The maximum Gasteiger partial charge on any atom is 0.237 e. The van der Waals surface area contributed by atoms with E-state index in [4.69, 9.17) is 12.2 Å². The summed E-state index contributed by atoms with van der Waals surface area (Å²) in [6.45, 7) is 0.482. The van der Waals surface area contributed by atoms with Gasteiger partial charge in [-0.05, 0) is 34.2 Å². The standard InChI is InChI=1S/C13H10IN3OS/c14-12(19)17-7-13(5-8(17)6-15)9-3-1-2-4-10(9)16-11(13)18/h1-4,8H,5,7H2,(H,16,18)/t8?,13-/m0/s1. The summed E-state index contributed by atoms with van der Waals surface area (Å²) >= 11 is 7.22. The number of carbonyl (C=O) groups excluding carboxylic acids is 1. The fraction of sp³-hybridized carbons (Fsp3) is 0.308. The molecule has 19 heavy (non-hydrogen) atoms. The van der Waals surface area contributed by atoms with Gasteiger partial charge in [-0.25, -0.2) is 0 Å². The van der Waals surface area contributed by atoms with Gasteiger partial charge in [-0.3, -0.25) is 4.79 Å². The van der Waals surface area contributed by atoms with E-state index >= 15 is 0 Å². The first-order chi connectivity index (χ1) is 9.08. The monoisotopic (exact) mass is 383 g/mol. The minimum Gasteiger partial charge on any atom is -0.340 e. The van der Waals surface area contributed by atoms with Crippen molar-refractivity contribution in [3.63, 3.8) is 0 Å². The lowest BCUT2D eigenvalue weighted by Gasteiger charge is -2.22. The summed E-state index contributed by atoms with van der Waals surface area (Å²) < 4.78 is 0.637. The van der Waals surface area contributed by atoms with Crippen LogP contribution in [0.2, 0.25) is 0 Å². The number of anilines is 1. The summed E-state index contributed by atoms with van der Waals surface area (Å²) in [6.07, 6.45) is 0.496. The minimum atomic E-state index is -0.633. The molecule has 3 rings (SSSR count). The van der Waals surface area contributed by atoms with E-state index in [1.165, 1.54) is 0 Å². The second-order valence-corrected chi connectivity index (χ2v) is 6.95. The van der Waals surface area contributed by atoms with E-state index in [0.29, 0.717) is 16.0 Å². The highest BCUT2D eigenvalue weighted by Crippen LogP contribution is 2.46. The number of para-hydroxylation sites is 1. The van der Waals surface area contributed by atoms with Gasteiger partial charge in [-0.2, -0.15) is 5.26 Å². The molecule has 1 N–H and O–H groups in total. The third-order valence-corrected chi connectivity index (χ3v) is 4.71. The van der Waals surface area contributed by atoms with Crippen molar-refractivity contribution in [3.8, 4) is 6.07 Å². The van der Waals surface area contributed by atoms with Crippen molar-refractivity contribution in [2.24, 2.45) is 0 Å². The van der Waals surface area contributed by atoms with Crippen LogP contribution in [0.4, 0.5) is 5.69 Å². The number of thiocarbonyl (C=S) groups is 1. The second-order valence-electron chi connectivity index (χ2n) is 4.81. The molecule has 6 heteroatoms. The Bertz CT molecular complexity index is 627. The van der Waals surface area contributed by atoms with E-state index in [1.54, 1.807) is 0 Å². The SMILES string of the molecule is N#CC1C[C@@]2(CN1C(=S)I)C(=O)Nc1ccccc12. The summed E-state index contributed by atoms with van der Waals surface area (Å²) in [4.78, 5) is 14.2. The Morgan fingerprint density at radius 2 is 2.32 bits per heavy atom. The predicted molar refractivity (Wildman–Crippen MR) is 84.1 cm³/mol. The molecule has 2 aliphatic heterocycles. The number of nitriles is 1. The molecule has 0 saturated carbocycles. The normalized spacial score (nSPS) is 28.1. The molecule has 0 bridgehead atoms. The molecule has 1 saturated heterocycles. The first-order valence-corrected chi connectivity index (χ1v) is 7.34. The van der Waals surface area contributed by atoms with Crippen molar-refractivity contribution in [2.45, 2.75) is 17.9 Å². The second kappa shape index (κ2) is 4.42. The molecular formula is C13H10IN3OS. The van der Waals surface area contributed by atoms with Gasteiger partial charge in [0, 0.05) is 18.7 Å². The van der Waals surface area contributed by atoms with Gasteiger partial charge in [0.05, 0.1) is 11.5 Å². The van der Waals surface area contributed by atoms with E-state index in [0.717, 1.165) is 11.3 Å². The quantitative estimate of drug-likeness (QED) is 0.323. The van der Waals surface area contributed by atoms with Crippen LogP contribution in [0.1, 0.15) is 12.0 Å². The number of carbonyl (C=O) groups is 1. The molecule has 2 aliphatic rings. The number of nitrogens with one attached hydrogen (secondary N) is 1. The third-order valence-electron chi connectivity index (χ3n) is 3.86. The number of amides is 1. The fourth-order valence-corrected chi connectivity index (χ4v) is 3.64. The predicted octanol–water partition coefficient (Wildman–Crippen LogP) is 2.19. The average molecular weight is 383 g/mol. The molecule has 1 fully saturated rings. The Hall–Kier alpha value is -1.20. The topological polar surface area (TPSA) is 56.1 Å². The molecule has 0 aromatic heterocycles. The molecule has 1 amide bonds. The molecule has 1 aromatic rings. The molecule has 2 heterocycles. The van der Waals surface area contributed by atoms with Gasteiger partial charge in [-0.1, -0.05) is 30.4 Å². The molecule has 1 spiro atoms. The van der Waals surface area contributed by atoms with Crippen LogP contribution in [-0.4, -0.2) is 26.4 Å². The number of hydrogen-bond donors (Lipinski definition) is 1. The van der Waals surface area contributed by atoms with Crippen LogP contribution >= 0.6 is 34.8 Å². The molecule has 0 radical (unpaired) electrons. The van der Waals surface area contributed by atoms with Gasteiger partial charge in [0.1, 0.15) is 9.04 Å². The molecular weight excluding hydrogens is 373 g/mol. The van der Waals surface area contributed by atoms with Gasteiger partial charge in [0.25, 0.3) is 0 Å². The van der Waals surface area contributed by atoms with E-state index in [1.807, 2.05) is 51.8 Å². The van der Waals surface area contributed by atoms with Crippen molar-refractivity contribution < 1.29 is 4.79 Å². The number of fused-ring (bicyclic) bond motifs is 2. The number of benzene rings is 1. The lowest BCUT2D eigenvalue weighted by Crippen LogP contribution is -2.38. The van der Waals surface area contributed by atoms with Gasteiger partial charge in [-0.15, -0.1) is 0 Å². The van der Waals surface area contributed by atoms with Crippen molar-refractivity contribution in [1.29, 1.82) is 5.26 Å². The van der Waals surface area contributed by atoms with Gasteiger partial charge in [0.15, 0.2) is 0 Å². The summed E-state index contributed by atoms with van der Waals surface area (Å²) in [5, 5.41) is 12.2. The van der Waals surface area contributed by atoms with E-state index < -0.39 is 5.41 Å². The zero-order valence-electron chi connectivity index (χ0n) is 9.89. The Kier molecular flexibility index (Phi) is 2.98. The van der Waals surface area contributed by atoms with Gasteiger partial charge >= 0.3 is 0 Å². The molecule has 0 aliphatic carbocycles. The first-order valence-electron chi connectivity index (χ1n) is 5.85. The van der Waals surface area contributed by atoms with Crippen LogP contribution in [0.15, 0.2) is 24.3 Å². The summed E-state index contributed by atoms with van der Waals surface area (Å²) in [5.41, 5.74) is 1.20. The zero-order chi connectivity index (χ0) is 13.6. The van der Waals surface area contributed by atoms with Gasteiger partial charge < -0.3 is 10.2 Å². The summed E-state index contributed by atoms with van der Waals surface area (Å²) in [6, 6.07) is 9.60. The highest BCUT2D eigenvalue weighted by molar-refractivity contribution is 14.1. The van der Waals surface area contributed by atoms with Crippen LogP contribution in [0.25, 0.3) is 0 Å². The van der Waals surface area contributed by atoms with Crippen molar-refractivity contribution in [1.82, 2.24) is 4.90 Å². The summed E-state index contributed by atoms with van der Waals surface area (Å²) in [5.74, 6) is -0.0240. The number of likely N-dealkylation sites (tertiary alicyclic amines) is 1. The van der Waals surface area contributed by atoms with Crippen LogP contribution in [-0.2, 0) is 10.2 Å². The first kappa shape index (κ1) is 12.8. The smallest absolute Gasteiger partial charge is 0.237 e. The van der Waals surface area contributed by atoms with Crippen LogP contribution in [0.3, 0.4) is 0 Å². The summed E-state index contributed by atoms with van der Waals surface area (Å²) in [7, 11) is 0. The highest BCUT2D eigenvalue weighted by atomic mass is 127. The van der Waals surface area contributed by atoms with Crippen LogP contribution in [0, 0.1) is 11.3 Å². The lowest BCUT2D eigenvalue weighted by molar-refractivity contribution is -0.120. The molecule has 4 nitrogen and oxygen atoms in total. The van der Waals surface area contributed by atoms with Gasteiger partial charge in [0.2, 0.25) is 5.91 Å². The van der Waals surface area contributed by atoms with Crippen LogP contribution < -0.4 is 5.32 Å². The molecule has 1 aromatic carbocycles. The van der Waals surface area contributed by atoms with Crippen molar-refractivity contribution >= 4 is 49.4 Å². The Labute approximate surface area is 129 Å². The Morgan fingerprint density at radius 3 is 2.95 bits per heavy atom. The minimum absolute atomic E-state index is 0.0240. The molecule has 96 valence electrons. The van der Waals surface area contributed by atoms with Crippen molar-refractivity contribution in [2.75, 3.05) is 11.9 Å². The van der Waals surface area contributed by atoms with E-state index in [-0.39, 0.29) is 11.9 Å². The number of hydrogen-bond acceptors (Lipinski definition) is 3. The third kappa shape index (κ3) is 1.75.